The predicted molar refractivity (Wildman–Crippen MR) is 87.1 cm³/mol. The molecule has 2 rings (SSSR count). The van der Waals surface area contributed by atoms with Gasteiger partial charge in [-0.15, -0.1) is 0 Å². The quantitative estimate of drug-likeness (QED) is 0.790. The number of amides is 1. The molecule has 0 aromatic carbocycles. The number of hydrogen-bond donors (Lipinski definition) is 2. The first-order valence-corrected chi connectivity index (χ1v) is 8.91. The van der Waals surface area contributed by atoms with Gasteiger partial charge in [-0.05, 0) is 70.9 Å². The summed E-state index contributed by atoms with van der Waals surface area (Å²) in [5.41, 5.74) is 5.92. The molecule has 2 aliphatic rings. The van der Waals surface area contributed by atoms with E-state index in [-0.39, 0.29) is 11.9 Å². The van der Waals surface area contributed by atoms with Crippen molar-refractivity contribution in [3.63, 3.8) is 0 Å². The van der Waals surface area contributed by atoms with E-state index in [4.69, 9.17) is 5.73 Å². The van der Waals surface area contributed by atoms with Gasteiger partial charge in [0, 0.05) is 25.0 Å². The Hall–Kier alpha value is -0.610. The Labute approximate surface area is 129 Å². The maximum atomic E-state index is 12.0. The van der Waals surface area contributed by atoms with Crippen molar-refractivity contribution in [2.24, 2.45) is 11.7 Å². The maximum absolute atomic E-state index is 12.0. The summed E-state index contributed by atoms with van der Waals surface area (Å²) in [4.78, 5) is 14.5. The molecule has 0 aromatic heterocycles. The summed E-state index contributed by atoms with van der Waals surface area (Å²) in [6.45, 7) is 5.53. The standard InChI is InChI=1S/C17H33N3O/c1-14(13-20-11-3-2-4-12-20)19-17(21)10-7-15-5-8-16(18)9-6-15/h14-16H,2-13,18H2,1H3,(H,19,21). The Kier molecular flexibility index (Phi) is 6.97. The van der Waals surface area contributed by atoms with Gasteiger partial charge in [0.15, 0.2) is 0 Å². The van der Waals surface area contributed by atoms with Gasteiger partial charge < -0.3 is 16.0 Å². The van der Waals surface area contributed by atoms with Crippen LogP contribution in [0.25, 0.3) is 0 Å². The molecule has 1 saturated heterocycles. The van der Waals surface area contributed by atoms with E-state index in [1.54, 1.807) is 0 Å². The van der Waals surface area contributed by atoms with Crippen molar-refractivity contribution in [2.45, 2.75) is 76.8 Å². The van der Waals surface area contributed by atoms with E-state index in [2.05, 4.69) is 17.1 Å². The summed E-state index contributed by atoms with van der Waals surface area (Å²) >= 11 is 0. The van der Waals surface area contributed by atoms with Crippen LogP contribution >= 0.6 is 0 Å². The van der Waals surface area contributed by atoms with Crippen LogP contribution in [-0.2, 0) is 4.79 Å². The fourth-order valence-electron chi connectivity index (χ4n) is 3.73. The fourth-order valence-corrected chi connectivity index (χ4v) is 3.73. The normalized spacial score (nSPS) is 29.0. The molecule has 1 aliphatic carbocycles. The van der Waals surface area contributed by atoms with Crippen LogP contribution in [0.4, 0.5) is 0 Å². The van der Waals surface area contributed by atoms with Crippen molar-refractivity contribution in [3.8, 4) is 0 Å². The lowest BCUT2D eigenvalue weighted by atomic mass is 9.84. The number of nitrogens with two attached hydrogens (primary N) is 1. The molecule has 0 bridgehead atoms. The molecule has 3 N–H and O–H groups in total. The van der Waals surface area contributed by atoms with Gasteiger partial charge in [0.05, 0.1) is 0 Å². The molecule has 1 saturated carbocycles. The topological polar surface area (TPSA) is 58.4 Å². The SMILES string of the molecule is CC(CN1CCCCC1)NC(=O)CCC1CCC(N)CC1. The minimum atomic E-state index is 0.231. The molecule has 1 aliphatic heterocycles. The van der Waals surface area contributed by atoms with Gasteiger partial charge in [-0.2, -0.15) is 0 Å². The van der Waals surface area contributed by atoms with Gasteiger partial charge in [-0.3, -0.25) is 4.79 Å². The average molecular weight is 295 g/mol. The minimum Gasteiger partial charge on any atom is -0.352 e. The summed E-state index contributed by atoms with van der Waals surface area (Å²) in [5.74, 6) is 0.947. The first kappa shape index (κ1) is 16.8. The van der Waals surface area contributed by atoms with Gasteiger partial charge in [0.1, 0.15) is 0 Å². The molecule has 4 heteroatoms. The van der Waals surface area contributed by atoms with Gasteiger partial charge in [-0.25, -0.2) is 0 Å². The van der Waals surface area contributed by atoms with Crippen LogP contribution in [0.1, 0.15) is 64.7 Å². The summed E-state index contributed by atoms with van der Waals surface area (Å²) in [5, 5.41) is 3.17. The van der Waals surface area contributed by atoms with Gasteiger partial charge in [0.25, 0.3) is 0 Å². The van der Waals surface area contributed by atoms with Crippen molar-refractivity contribution >= 4 is 5.91 Å². The third-order valence-corrected chi connectivity index (χ3v) is 5.06. The van der Waals surface area contributed by atoms with E-state index in [0.29, 0.717) is 18.4 Å². The van der Waals surface area contributed by atoms with E-state index < -0.39 is 0 Å². The van der Waals surface area contributed by atoms with Crippen molar-refractivity contribution in [2.75, 3.05) is 19.6 Å². The monoisotopic (exact) mass is 295 g/mol. The second kappa shape index (κ2) is 8.74. The third-order valence-electron chi connectivity index (χ3n) is 5.06. The molecule has 0 spiro atoms. The molecule has 1 atom stereocenters. The van der Waals surface area contributed by atoms with E-state index >= 15 is 0 Å². The van der Waals surface area contributed by atoms with E-state index in [9.17, 15) is 4.79 Å². The lowest BCUT2D eigenvalue weighted by Crippen LogP contribution is -2.43. The molecule has 1 heterocycles. The van der Waals surface area contributed by atoms with E-state index in [0.717, 1.165) is 25.8 Å². The first-order chi connectivity index (χ1) is 10.1. The second-order valence-corrected chi connectivity index (χ2v) is 7.15. The molecule has 2 fully saturated rings. The lowest BCUT2D eigenvalue weighted by Gasteiger charge is -2.29. The number of nitrogens with one attached hydrogen (secondary N) is 1. The van der Waals surface area contributed by atoms with Crippen molar-refractivity contribution in [1.82, 2.24) is 10.2 Å². The highest BCUT2D eigenvalue weighted by molar-refractivity contribution is 5.76. The maximum Gasteiger partial charge on any atom is 0.220 e. The largest absolute Gasteiger partial charge is 0.352 e. The summed E-state index contributed by atoms with van der Waals surface area (Å²) in [6.07, 6.45) is 10.4. The van der Waals surface area contributed by atoms with E-state index in [1.165, 1.54) is 45.2 Å². The number of piperidine rings is 1. The van der Waals surface area contributed by atoms with Crippen molar-refractivity contribution in [1.29, 1.82) is 0 Å². The summed E-state index contributed by atoms with van der Waals surface area (Å²) in [7, 11) is 0. The summed E-state index contributed by atoms with van der Waals surface area (Å²) in [6, 6.07) is 0.676. The fraction of sp³-hybridized carbons (Fsp3) is 0.941. The van der Waals surface area contributed by atoms with Gasteiger partial charge in [-0.1, -0.05) is 6.42 Å². The molecule has 4 nitrogen and oxygen atoms in total. The molecule has 1 amide bonds. The van der Waals surface area contributed by atoms with E-state index in [1.807, 2.05) is 0 Å². The first-order valence-electron chi connectivity index (χ1n) is 8.91. The van der Waals surface area contributed by atoms with Gasteiger partial charge in [0.2, 0.25) is 5.91 Å². The number of hydrogen-bond acceptors (Lipinski definition) is 3. The molecule has 21 heavy (non-hydrogen) atoms. The Balaban J connectivity index is 1.57. The number of likely N-dealkylation sites (tertiary alicyclic amines) is 1. The molecule has 0 radical (unpaired) electrons. The third kappa shape index (κ3) is 6.35. The van der Waals surface area contributed by atoms with Crippen LogP contribution in [0.3, 0.4) is 0 Å². The minimum absolute atomic E-state index is 0.231. The Morgan fingerprint density at radius 2 is 1.86 bits per heavy atom. The highest BCUT2D eigenvalue weighted by atomic mass is 16.1. The zero-order valence-corrected chi connectivity index (χ0v) is 13.7. The van der Waals surface area contributed by atoms with Gasteiger partial charge >= 0.3 is 0 Å². The highest BCUT2D eigenvalue weighted by Crippen LogP contribution is 2.26. The zero-order chi connectivity index (χ0) is 15.1. The van der Waals surface area contributed by atoms with Crippen LogP contribution in [-0.4, -0.2) is 42.5 Å². The van der Waals surface area contributed by atoms with Crippen LogP contribution in [0.15, 0.2) is 0 Å². The molecule has 122 valence electrons. The smallest absolute Gasteiger partial charge is 0.220 e. The highest BCUT2D eigenvalue weighted by Gasteiger charge is 2.20. The van der Waals surface area contributed by atoms with Crippen LogP contribution in [0.2, 0.25) is 0 Å². The molecular weight excluding hydrogens is 262 g/mol. The Morgan fingerprint density at radius 3 is 2.52 bits per heavy atom. The molecule has 1 unspecified atom stereocenters. The zero-order valence-electron chi connectivity index (χ0n) is 13.7. The molecular formula is C17H33N3O. The lowest BCUT2D eigenvalue weighted by molar-refractivity contribution is -0.122. The average Bonchev–Trinajstić information content (AvgIpc) is 2.47. The van der Waals surface area contributed by atoms with Crippen LogP contribution in [0.5, 0.6) is 0 Å². The Morgan fingerprint density at radius 1 is 1.19 bits per heavy atom. The number of nitrogens with zero attached hydrogens (tertiary/aromatic N) is 1. The number of carbonyl (C=O) groups excluding carboxylic acids is 1. The van der Waals surface area contributed by atoms with Crippen molar-refractivity contribution < 1.29 is 4.79 Å². The predicted octanol–water partition coefficient (Wildman–Crippen LogP) is 2.27. The van der Waals surface area contributed by atoms with Crippen LogP contribution < -0.4 is 11.1 Å². The second-order valence-electron chi connectivity index (χ2n) is 7.15. The van der Waals surface area contributed by atoms with Crippen LogP contribution in [0, 0.1) is 5.92 Å². The number of carbonyl (C=O) groups is 1. The number of rotatable bonds is 6. The summed E-state index contributed by atoms with van der Waals surface area (Å²) < 4.78 is 0. The van der Waals surface area contributed by atoms with Crippen molar-refractivity contribution in [3.05, 3.63) is 0 Å². The molecule has 0 aromatic rings. The Bertz CT molecular complexity index is 307.